The number of aliphatic hydroxyl groups excluding tert-OH is 1. The summed E-state index contributed by atoms with van der Waals surface area (Å²) >= 11 is 1.56. The van der Waals surface area contributed by atoms with Crippen molar-refractivity contribution < 1.29 is 46.6 Å². The summed E-state index contributed by atoms with van der Waals surface area (Å²) in [7, 11) is 1.99. The van der Waals surface area contributed by atoms with E-state index < -0.39 is 64.0 Å². The monoisotopic (exact) mass is 1080 g/mol. The summed E-state index contributed by atoms with van der Waals surface area (Å²) in [5, 5.41) is 19.0. The molecule has 4 heterocycles. The maximum Gasteiger partial charge on any atom is 0.417 e. The number of Topliss-reactive ketones (excluding diaryl/α,β-unsaturated/α-hetero) is 1. The predicted molar refractivity (Wildman–Crippen MR) is 289 cm³/mol. The number of carbonyl (C=O) groups excluding carboxylic acids is 5. The van der Waals surface area contributed by atoms with Crippen LogP contribution < -0.4 is 26.4 Å². The fourth-order valence-electron chi connectivity index (χ4n) is 10.0. The fourth-order valence-corrected chi connectivity index (χ4v) is 10.8. The lowest BCUT2D eigenvalue weighted by Crippen LogP contribution is -2.55. The van der Waals surface area contributed by atoms with Crippen LogP contribution in [-0.2, 0) is 27.1 Å². The molecule has 2 saturated heterocycles. The van der Waals surface area contributed by atoms with Gasteiger partial charge in [-0.05, 0) is 93.1 Å². The van der Waals surface area contributed by atoms with Crippen molar-refractivity contribution in [3.8, 4) is 21.6 Å². The third-order valence-corrected chi connectivity index (χ3v) is 15.7. The molecule has 5 N–H and O–H groups in total. The SMILES string of the molecule is Cc1ncsc1-c1ccc(CNC(=O)[C@@H]2C[C@@H](O)CN2C(=O)[C@@H](CC(=O)CCCCCCNC(=O)c2ccc(F)c(-c3ccc(N4C[C@@H](C)N(C)[C@@H](C)C4)c(NC(=O)c4c[nH]c(=O)cc4C(F)(F)F)c3)c2)C(C)(C)C)cc1. The summed E-state index contributed by atoms with van der Waals surface area (Å²) in [6, 6.07) is 16.0. The number of aromatic nitrogens is 2. The number of hydrogen-bond donors (Lipinski definition) is 5. The summed E-state index contributed by atoms with van der Waals surface area (Å²) < 4.78 is 57.6. The second-order valence-electron chi connectivity index (χ2n) is 21.4. The number of likely N-dealkylation sites (N-methyl/N-ethyl adjacent to an activating group) is 1. The van der Waals surface area contributed by atoms with E-state index in [4.69, 9.17) is 0 Å². The number of aryl methyl sites for hydroxylation is 1. The summed E-state index contributed by atoms with van der Waals surface area (Å²) in [5.41, 5.74) is 1.78. The van der Waals surface area contributed by atoms with E-state index >= 15 is 4.39 Å². The van der Waals surface area contributed by atoms with Crippen LogP contribution in [0.3, 0.4) is 0 Å². The molecule has 2 aliphatic rings. The Kier molecular flexibility index (Phi) is 18.6. The molecular weight excluding hydrogens is 1020 g/mol. The van der Waals surface area contributed by atoms with Crippen LogP contribution in [0.1, 0.15) is 117 Å². The van der Waals surface area contributed by atoms with Gasteiger partial charge in [-0.15, -0.1) is 11.3 Å². The Hall–Kier alpha value is -6.77. The molecule has 7 rings (SSSR count). The third kappa shape index (κ3) is 14.4. The normalized spacial score (nSPS) is 18.5. The number of anilines is 2. The molecule has 5 atom stereocenters. The highest BCUT2D eigenvalue weighted by molar-refractivity contribution is 7.13. The van der Waals surface area contributed by atoms with Gasteiger partial charge in [-0.2, -0.15) is 13.2 Å². The number of aromatic amines is 1. The van der Waals surface area contributed by atoms with Crippen LogP contribution in [-0.4, -0.2) is 112 Å². The van der Waals surface area contributed by atoms with Gasteiger partial charge in [0.05, 0.1) is 44.7 Å². The molecule has 2 aliphatic heterocycles. The highest BCUT2D eigenvalue weighted by Gasteiger charge is 2.44. The van der Waals surface area contributed by atoms with Crippen molar-refractivity contribution in [2.45, 2.75) is 123 Å². The number of nitrogens with one attached hydrogen (secondary N) is 4. The quantitative estimate of drug-likeness (QED) is 0.0393. The smallest absolute Gasteiger partial charge is 0.391 e. The van der Waals surface area contributed by atoms with Crippen molar-refractivity contribution >= 4 is 52.1 Å². The number of alkyl halides is 3. The summed E-state index contributed by atoms with van der Waals surface area (Å²) in [4.78, 5) is 93.0. The van der Waals surface area contributed by atoms with Gasteiger partial charge in [-0.1, -0.05) is 63.9 Å². The van der Waals surface area contributed by atoms with Gasteiger partial charge >= 0.3 is 6.18 Å². The van der Waals surface area contributed by atoms with Crippen molar-refractivity contribution in [2.75, 3.05) is 43.4 Å². The van der Waals surface area contributed by atoms with Gasteiger partial charge in [0.2, 0.25) is 17.4 Å². The van der Waals surface area contributed by atoms with E-state index in [9.17, 15) is 47.0 Å². The number of hydrogen-bond acceptors (Lipinski definition) is 11. The number of carbonyl (C=O) groups is 5. The fraction of sp³-hybridized carbons (Fsp3) is 0.456. The number of piperazine rings is 1. The first-order valence-electron chi connectivity index (χ1n) is 26.0. The number of thiazole rings is 1. The molecule has 4 amide bonds. The number of H-pyrrole nitrogens is 1. The van der Waals surface area contributed by atoms with Gasteiger partial charge in [-0.25, -0.2) is 9.37 Å². The average molecular weight is 1090 g/mol. The van der Waals surface area contributed by atoms with Crippen LogP contribution in [0, 0.1) is 24.1 Å². The van der Waals surface area contributed by atoms with Gasteiger partial charge in [0.1, 0.15) is 17.6 Å². The molecule has 0 saturated carbocycles. The molecule has 20 heteroatoms. The largest absolute Gasteiger partial charge is 0.417 e. The Labute approximate surface area is 449 Å². The number of amides is 4. The van der Waals surface area contributed by atoms with E-state index in [-0.39, 0.29) is 91.0 Å². The van der Waals surface area contributed by atoms with E-state index in [1.54, 1.807) is 29.0 Å². The minimum atomic E-state index is -5.01. The summed E-state index contributed by atoms with van der Waals surface area (Å²) in [6.07, 6.45) is -2.38. The van der Waals surface area contributed by atoms with Gasteiger partial charge in [0, 0.05) is 93.4 Å². The third-order valence-electron chi connectivity index (χ3n) is 14.7. The standard InChI is InChI=1S/C57H68F4N8O7S/c1-33-29-68(30-34(2)67(33)7)48-20-18-38(23-47(48)66-53(74)43-28-63-50(72)26-44(43)57(59,60)61)42-22-39(17-19-46(42)58)52(73)62-21-11-9-8-10-12-40(70)24-45(56(4,5)6)55(76)69-31-41(71)25-49(69)54(75)64-27-36-13-15-37(16-14-36)51-35(3)65-32-77-51/h13-20,22-23,26,28,32-34,41,45,49,71H,8-12,21,24-25,27,29-31H2,1-7H3,(H,62,73)(H,63,72)(H,64,75)(H,66,74)/t33-,34+,41-,45-,49+/m1/s1. The number of likely N-dealkylation sites (tertiary alicyclic amines) is 1. The molecular formula is C57H68F4N8O7S. The van der Waals surface area contributed by atoms with E-state index in [0.717, 1.165) is 27.8 Å². The highest BCUT2D eigenvalue weighted by atomic mass is 32.1. The minimum Gasteiger partial charge on any atom is -0.391 e. The molecule has 3 aromatic carbocycles. The first-order valence-corrected chi connectivity index (χ1v) is 26.8. The molecule has 2 aromatic heterocycles. The zero-order chi connectivity index (χ0) is 55.9. The first-order chi connectivity index (χ1) is 36.4. The minimum absolute atomic E-state index is 0.00703. The van der Waals surface area contributed by atoms with Crippen molar-refractivity contribution in [1.29, 1.82) is 0 Å². The molecule has 412 valence electrons. The number of benzene rings is 3. The highest BCUT2D eigenvalue weighted by Crippen LogP contribution is 2.38. The summed E-state index contributed by atoms with van der Waals surface area (Å²) in [6.45, 7) is 13.2. The Morgan fingerprint density at radius 3 is 2.22 bits per heavy atom. The zero-order valence-corrected chi connectivity index (χ0v) is 45.3. The number of nitrogens with zero attached hydrogens (tertiary/aromatic N) is 4. The van der Waals surface area contributed by atoms with Crippen molar-refractivity contribution in [3.05, 3.63) is 123 Å². The van der Waals surface area contributed by atoms with Gasteiger partial charge < -0.3 is 35.8 Å². The van der Waals surface area contributed by atoms with Crippen LogP contribution in [0.4, 0.5) is 28.9 Å². The van der Waals surface area contributed by atoms with Crippen LogP contribution in [0.15, 0.2) is 83.2 Å². The van der Waals surface area contributed by atoms with E-state index in [2.05, 4.69) is 30.8 Å². The number of aliphatic hydroxyl groups is 1. The maximum absolute atomic E-state index is 15.6. The molecule has 0 radical (unpaired) electrons. The Balaban J connectivity index is 0.912. The number of pyridine rings is 1. The topological polar surface area (TPSA) is 197 Å². The second kappa shape index (κ2) is 24.7. The van der Waals surface area contributed by atoms with Crippen molar-refractivity contribution in [3.63, 3.8) is 0 Å². The van der Waals surface area contributed by atoms with Gasteiger partial charge in [-0.3, -0.25) is 33.7 Å². The molecule has 0 unspecified atom stereocenters. The molecule has 77 heavy (non-hydrogen) atoms. The number of rotatable bonds is 19. The zero-order valence-electron chi connectivity index (χ0n) is 44.5. The average Bonchev–Trinajstić information content (AvgIpc) is 4.01. The van der Waals surface area contributed by atoms with E-state index in [1.165, 1.54) is 23.1 Å². The Bertz CT molecular complexity index is 3000. The molecule has 5 aromatic rings. The lowest BCUT2D eigenvalue weighted by molar-refractivity contribution is -0.146. The molecule has 0 bridgehead atoms. The lowest BCUT2D eigenvalue weighted by atomic mass is 9.76. The Morgan fingerprint density at radius 1 is 0.870 bits per heavy atom. The van der Waals surface area contributed by atoms with E-state index in [0.29, 0.717) is 56.7 Å². The van der Waals surface area contributed by atoms with Crippen molar-refractivity contribution in [1.82, 2.24) is 30.4 Å². The van der Waals surface area contributed by atoms with Crippen LogP contribution >= 0.6 is 11.3 Å². The molecule has 2 fully saturated rings. The lowest BCUT2D eigenvalue weighted by Gasteiger charge is -2.44. The molecule has 15 nitrogen and oxygen atoms in total. The summed E-state index contributed by atoms with van der Waals surface area (Å²) in [5.74, 6) is -3.82. The number of ketones is 1. The number of halogens is 4. The van der Waals surface area contributed by atoms with Crippen molar-refractivity contribution in [2.24, 2.45) is 11.3 Å². The van der Waals surface area contributed by atoms with Gasteiger partial charge in [0.15, 0.2) is 0 Å². The number of unbranched alkanes of at least 4 members (excludes halogenated alkanes) is 3. The van der Waals surface area contributed by atoms with E-state index in [1.807, 2.05) is 77.8 Å². The Morgan fingerprint density at radius 2 is 1.56 bits per heavy atom. The van der Waals surface area contributed by atoms with Gasteiger partial charge in [0.25, 0.3) is 11.8 Å². The molecule has 0 aliphatic carbocycles. The molecule has 0 spiro atoms. The van der Waals surface area contributed by atoms with Crippen LogP contribution in [0.25, 0.3) is 21.6 Å². The first kappa shape index (κ1) is 57.9. The van der Waals surface area contributed by atoms with Crippen LogP contribution in [0.2, 0.25) is 0 Å². The second-order valence-corrected chi connectivity index (χ2v) is 22.3. The van der Waals surface area contributed by atoms with Crippen LogP contribution in [0.5, 0.6) is 0 Å². The predicted octanol–water partition coefficient (Wildman–Crippen LogP) is 8.99. The maximum atomic E-state index is 15.6. The number of β-amino-alcohol motifs (C(OH)–C–C–N with tert-alkyl or cyclic N) is 1.